The number of halogens is 1. The molecule has 178 valence electrons. The van der Waals surface area contributed by atoms with Gasteiger partial charge in [-0.2, -0.15) is 0 Å². The molecule has 0 unspecified atom stereocenters. The number of thioether (sulfide) groups is 1. The standard InChI is InChI=1S/C23H23FN4O5S/c1-13(2)11-28-21(31)17-9-6-15(22(32)33-3)10-18(17)25-23(28)34-12-19(29)26-27-20(30)14-4-7-16(24)8-5-14/h4-10,13H,11-12H2,1-3H3,(H,26,29)(H,27,30). The second-order valence-corrected chi connectivity index (χ2v) is 8.67. The van der Waals surface area contributed by atoms with Crippen LogP contribution in [-0.2, 0) is 16.1 Å². The third-order valence-electron chi connectivity index (χ3n) is 4.64. The van der Waals surface area contributed by atoms with E-state index in [0.29, 0.717) is 22.6 Å². The van der Waals surface area contributed by atoms with Crippen molar-refractivity contribution in [3.8, 4) is 0 Å². The van der Waals surface area contributed by atoms with Gasteiger partial charge in [-0.1, -0.05) is 25.6 Å². The number of amides is 2. The molecule has 2 aromatic carbocycles. The van der Waals surface area contributed by atoms with Gasteiger partial charge in [-0.3, -0.25) is 29.8 Å². The quantitative estimate of drug-likeness (QED) is 0.228. The van der Waals surface area contributed by atoms with Crippen molar-refractivity contribution in [3.63, 3.8) is 0 Å². The molecule has 0 aliphatic heterocycles. The number of hydrogen-bond acceptors (Lipinski definition) is 7. The zero-order valence-electron chi connectivity index (χ0n) is 18.8. The molecule has 1 heterocycles. The molecule has 0 aliphatic rings. The molecule has 0 saturated heterocycles. The maximum absolute atomic E-state index is 13.1. The molecule has 0 saturated carbocycles. The van der Waals surface area contributed by atoms with Gasteiger partial charge in [0, 0.05) is 12.1 Å². The summed E-state index contributed by atoms with van der Waals surface area (Å²) in [6, 6.07) is 9.35. The number of hydrazine groups is 1. The monoisotopic (exact) mass is 486 g/mol. The Morgan fingerprint density at radius 1 is 1.09 bits per heavy atom. The molecule has 0 fully saturated rings. The third-order valence-corrected chi connectivity index (χ3v) is 5.62. The minimum atomic E-state index is -0.603. The average Bonchev–Trinajstić information content (AvgIpc) is 2.82. The van der Waals surface area contributed by atoms with Crippen LogP contribution in [0.1, 0.15) is 34.6 Å². The van der Waals surface area contributed by atoms with E-state index < -0.39 is 23.6 Å². The Labute approximate surface area is 198 Å². The van der Waals surface area contributed by atoms with Crippen molar-refractivity contribution in [1.82, 2.24) is 20.4 Å². The smallest absolute Gasteiger partial charge is 0.337 e. The number of carbonyl (C=O) groups excluding carboxylic acids is 3. The number of ether oxygens (including phenoxy) is 1. The highest BCUT2D eigenvalue weighted by Gasteiger charge is 2.16. The molecule has 1 aromatic heterocycles. The first-order chi connectivity index (χ1) is 16.2. The molecule has 11 heteroatoms. The van der Waals surface area contributed by atoms with Gasteiger partial charge in [0.25, 0.3) is 11.5 Å². The molecule has 34 heavy (non-hydrogen) atoms. The predicted molar refractivity (Wildman–Crippen MR) is 125 cm³/mol. The molecule has 2 N–H and O–H groups in total. The summed E-state index contributed by atoms with van der Waals surface area (Å²) >= 11 is 1.02. The van der Waals surface area contributed by atoms with Crippen molar-refractivity contribution in [2.75, 3.05) is 12.9 Å². The first-order valence-corrected chi connectivity index (χ1v) is 11.3. The van der Waals surface area contributed by atoms with Crippen molar-refractivity contribution < 1.29 is 23.5 Å². The summed E-state index contributed by atoms with van der Waals surface area (Å²) in [6.07, 6.45) is 0. The van der Waals surface area contributed by atoms with Crippen molar-refractivity contribution in [3.05, 3.63) is 69.8 Å². The number of fused-ring (bicyclic) bond motifs is 1. The number of nitrogens with one attached hydrogen (secondary N) is 2. The number of esters is 1. The highest BCUT2D eigenvalue weighted by molar-refractivity contribution is 7.99. The van der Waals surface area contributed by atoms with Gasteiger partial charge >= 0.3 is 5.97 Å². The number of nitrogens with zero attached hydrogens (tertiary/aromatic N) is 2. The first-order valence-electron chi connectivity index (χ1n) is 10.3. The van der Waals surface area contributed by atoms with E-state index in [2.05, 4.69) is 15.8 Å². The van der Waals surface area contributed by atoms with Crippen LogP contribution >= 0.6 is 11.8 Å². The average molecular weight is 487 g/mol. The molecule has 0 spiro atoms. The van der Waals surface area contributed by atoms with Crippen LogP contribution in [0.2, 0.25) is 0 Å². The highest BCUT2D eigenvalue weighted by atomic mass is 32.2. The molecule has 0 radical (unpaired) electrons. The van der Waals surface area contributed by atoms with E-state index in [1.807, 2.05) is 13.8 Å². The van der Waals surface area contributed by atoms with Crippen LogP contribution in [0.4, 0.5) is 4.39 Å². The van der Waals surface area contributed by atoms with Gasteiger partial charge < -0.3 is 4.74 Å². The van der Waals surface area contributed by atoms with Gasteiger partial charge in [-0.15, -0.1) is 0 Å². The molecular weight excluding hydrogens is 463 g/mol. The Hall–Kier alpha value is -3.73. The summed E-state index contributed by atoms with van der Waals surface area (Å²) in [5.41, 5.74) is 4.98. The van der Waals surface area contributed by atoms with E-state index in [9.17, 15) is 23.6 Å². The van der Waals surface area contributed by atoms with E-state index >= 15 is 0 Å². The van der Waals surface area contributed by atoms with E-state index in [1.165, 1.54) is 42.0 Å². The number of carbonyl (C=O) groups is 3. The summed E-state index contributed by atoms with van der Waals surface area (Å²) in [7, 11) is 1.26. The van der Waals surface area contributed by atoms with Crippen LogP contribution < -0.4 is 16.4 Å². The molecule has 0 bridgehead atoms. The Kier molecular flexibility index (Phi) is 8.00. The minimum Gasteiger partial charge on any atom is -0.465 e. The lowest BCUT2D eigenvalue weighted by Crippen LogP contribution is -2.42. The van der Waals surface area contributed by atoms with Crippen molar-refractivity contribution in [2.24, 2.45) is 5.92 Å². The summed E-state index contributed by atoms with van der Waals surface area (Å²) in [5.74, 6) is -2.18. The normalized spacial score (nSPS) is 10.9. The van der Waals surface area contributed by atoms with Crippen molar-refractivity contribution in [1.29, 1.82) is 0 Å². The summed E-state index contributed by atoms with van der Waals surface area (Å²) in [4.78, 5) is 53.8. The van der Waals surface area contributed by atoms with Crippen LogP contribution in [0.5, 0.6) is 0 Å². The SMILES string of the molecule is COC(=O)c1ccc2c(=O)n(CC(C)C)c(SCC(=O)NNC(=O)c3ccc(F)cc3)nc2c1. The Bertz CT molecular complexity index is 1290. The molecule has 2 amide bonds. The molecular formula is C23H23FN4O5S. The van der Waals surface area contributed by atoms with Crippen LogP contribution in [0.3, 0.4) is 0 Å². The lowest BCUT2D eigenvalue weighted by atomic mass is 10.1. The predicted octanol–water partition coefficient (Wildman–Crippen LogP) is 2.53. The molecule has 3 aromatic rings. The summed E-state index contributed by atoms with van der Waals surface area (Å²) in [5, 5.41) is 0.641. The van der Waals surface area contributed by atoms with Gasteiger partial charge in [0.1, 0.15) is 5.82 Å². The minimum absolute atomic E-state index is 0.134. The number of benzene rings is 2. The van der Waals surface area contributed by atoms with E-state index in [-0.39, 0.29) is 28.4 Å². The van der Waals surface area contributed by atoms with E-state index in [0.717, 1.165) is 23.9 Å². The van der Waals surface area contributed by atoms with Crippen molar-refractivity contribution >= 4 is 40.4 Å². The maximum Gasteiger partial charge on any atom is 0.337 e. The van der Waals surface area contributed by atoms with Crippen molar-refractivity contribution in [2.45, 2.75) is 25.5 Å². The van der Waals surface area contributed by atoms with E-state index in [1.54, 1.807) is 0 Å². The molecule has 9 nitrogen and oxygen atoms in total. The molecule has 0 atom stereocenters. The Morgan fingerprint density at radius 2 is 1.76 bits per heavy atom. The van der Waals surface area contributed by atoms with Gasteiger partial charge in [-0.05, 0) is 48.4 Å². The van der Waals surface area contributed by atoms with E-state index in [4.69, 9.17) is 4.74 Å². The Morgan fingerprint density at radius 3 is 2.41 bits per heavy atom. The third kappa shape index (κ3) is 5.98. The summed E-state index contributed by atoms with van der Waals surface area (Å²) in [6.45, 7) is 4.28. The zero-order chi connectivity index (χ0) is 24.8. The topological polar surface area (TPSA) is 119 Å². The largest absolute Gasteiger partial charge is 0.465 e. The molecule has 0 aliphatic carbocycles. The Balaban J connectivity index is 1.77. The van der Waals surface area contributed by atoms with Gasteiger partial charge in [0.15, 0.2) is 5.16 Å². The number of methoxy groups -OCH3 is 1. The number of rotatable bonds is 7. The van der Waals surface area contributed by atoms with Crippen LogP contribution in [0.25, 0.3) is 10.9 Å². The fourth-order valence-corrected chi connectivity index (χ4v) is 3.86. The van der Waals surface area contributed by atoms with Crippen LogP contribution in [0, 0.1) is 11.7 Å². The first kappa shape index (κ1) is 24.9. The second-order valence-electron chi connectivity index (χ2n) is 7.73. The lowest BCUT2D eigenvalue weighted by Gasteiger charge is -2.15. The number of aromatic nitrogens is 2. The fraction of sp³-hybridized carbons (Fsp3) is 0.261. The second kappa shape index (κ2) is 10.9. The maximum atomic E-state index is 13.1. The summed E-state index contributed by atoms with van der Waals surface area (Å²) < 4.78 is 19.2. The van der Waals surface area contributed by atoms with Gasteiger partial charge in [0.05, 0.1) is 29.3 Å². The van der Waals surface area contributed by atoms with Crippen LogP contribution in [-0.4, -0.2) is 40.2 Å². The lowest BCUT2D eigenvalue weighted by molar-refractivity contribution is -0.119. The zero-order valence-corrected chi connectivity index (χ0v) is 19.6. The number of hydrogen-bond donors (Lipinski definition) is 2. The molecule has 3 rings (SSSR count). The van der Waals surface area contributed by atoms with Gasteiger partial charge in [-0.25, -0.2) is 14.2 Å². The van der Waals surface area contributed by atoms with Crippen LogP contribution in [0.15, 0.2) is 52.4 Å². The fourth-order valence-electron chi connectivity index (χ4n) is 3.05. The highest BCUT2D eigenvalue weighted by Crippen LogP contribution is 2.20. The van der Waals surface area contributed by atoms with Gasteiger partial charge in [0.2, 0.25) is 5.91 Å².